The van der Waals surface area contributed by atoms with Gasteiger partial charge in [-0.1, -0.05) is 12.1 Å². The van der Waals surface area contributed by atoms with Gasteiger partial charge in [-0.3, -0.25) is 4.79 Å². The maximum absolute atomic E-state index is 11.8. The van der Waals surface area contributed by atoms with E-state index >= 15 is 0 Å². The molecule has 0 saturated carbocycles. The predicted molar refractivity (Wildman–Crippen MR) is 73.9 cm³/mol. The SMILES string of the molecule is CC1OCCC1CNC(=O)Cc1ccc(S)cc1. The Hall–Kier alpha value is -1.00. The summed E-state index contributed by atoms with van der Waals surface area (Å²) < 4.78 is 5.47. The van der Waals surface area contributed by atoms with Crippen LogP contribution < -0.4 is 5.32 Å². The van der Waals surface area contributed by atoms with Crippen LogP contribution in [0.15, 0.2) is 29.2 Å². The van der Waals surface area contributed by atoms with Crippen LogP contribution in [0.2, 0.25) is 0 Å². The minimum atomic E-state index is 0.0704. The number of carbonyl (C=O) groups is 1. The molecule has 2 rings (SSSR count). The zero-order valence-corrected chi connectivity index (χ0v) is 11.5. The molecule has 1 aliphatic heterocycles. The lowest BCUT2D eigenvalue weighted by Gasteiger charge is -2.14. The van der Waals surface area contributed by atoms with Gasteiger partial charge >= 0.3 is 0 Å². The van der Waals surface area contributed by atoms with E-state index in [9.17, 15) is 4.79 Å². The Morgan fingerprint density at radius 2 is 2.17 bits per heavy atom. The lowest BCUT2D eigenvalue weighted by molar-refractivity contribution is -0.120. The van der Waals surface area contributed by atoms with Crippen LogP contribution >= 0.6 is 12.6 Å². The minimum Gasteiger partial charge on any atom is -0.378 e. The number of benzene rings is 1. The van der Waals surface area contributed by atoms with Gasteiger partial charge in [0.2, 0.25) is 5.91 Å². The molecule has 1 amide bonds. The van der Waals surface area contributed by atoms with Crippen LogP contribution in [-0.2, 0) is 16.0 Å². The zero-order valence-electron chi connectivity index (χ0n) is 10.6. The van der Waals surface area contributed by atoms with Crippen LogP contribution in [-0.4, -0.2) is 25.2 Å². The molecule has 0 spiro atoms. The fourth-order valence-corrected chi connectivity index (χ4v) is 2.30. The molecule has 1 saturated heterocycles. The highest BCUT2D eigenvalue weighted by Crippen LogP contribution is 2.19. The number of amides is 1. The molecule has 1 aromatic rings. The summed E-state index contributed by atoms with van der Waals surface area (Å²) in [6, 6.07) is 7.67. The Morgan fingerprint density at radius 1 is 1.44 bits per heavy atom. The van der Waals surface area contributed by atoms with Gasteiger partial charge in [0.25, 0.3) is 0 Å². The van der Waals surface area contributed by atoms with Gasteiger partial charge in [0.1, 0.15) is 0 Å². The Bertz CT molecular complexity index is 405. The van der Waals surface area contributed by atoms with E-state index in [1.54, 1.807) is 0 Å². The molecular weight excluding hydrogens is 246 g/mol. The quantitative estimate of drug-likeness (QED) is 0.818. The van der Waals surface area contributed by atoms with E-state index in [-0.39, 0.29) is 12.0 Å². The van der Waals surface area contributed by atoms with Gasteiger partial charge in [0.15, 0.2) is 0 Å². The van der Waals surface area contributed by atoms with Crippen LogP contribution in [0.25, 0.3) is 0 Å². The lowest BCUT2D eigenvalue weighted by atomic mass is 10.0. The van der Waals surface area contributed by atoms with Crippen LogP contribution in [0.5, 0.6) is 0 Å². The molecular formula is C14H19NO2S. The summed E-state index contributed by atoms with van der Waals surface area (Å²) >= 11 is 4.22. The molecule has 4 heteroatoms. The Balaban J connectivity index is 1.76. The number of ether oxygens (including phenoxy) is 1. The van der Waals surface area contributed by atoms with E-state index in [1.165, 1.54) is 0 Å². The van der Waals surface area contributed by atoms with Crippen LogP contribution in [0.3, 0.4) is 0 Å². The van der Waals surface area contributed by atoms with Gasteiger partial charge in [0.05, 0.1) is 12.5 Å². The number of hydrogen-bond donors (Lipinski definition) is 2. The molecule has 0 aliphatic carbocycles. The van der Waals surface area contributed by atoms with Crippen molar-refractivity contribution >= 4 is 18.5 Å². The third-order valence-electron chi connectivity index (χ3n) is 3.40. The van der Waals surface area contributed by atoms with Crippen molar-refractivity contribution in [2.45, 2.75) is 30.8 Å². The van der Waals surface area contributed by atoms with E-state index in [2.05, 4.69) is 24.9 Å². The minimum absolute atomic E-state index is 0.0704. The fraction of sp³-hybridized carbons (Fsp3) is 0.500. The second-order valence-corrected chi connectivity index (χ2v) is 5.29. The third-order valence-corrected chi connectivity index (χ3v) is 3.69. The van der Waals surface area contributed by atoms with E-state index in [1.807, 2.05) is 24.3 Å². The summed E-state index contributed by atoms with van der Waals surface area (Å²) in [6.45, 7) is 3.59. The summed E-state index contributed by atoms with van der Waals surface area (Å²) in [6.07, 6.45) is 1.72. The van der Waals surface area contributed by atoms with Gasteiger partial charge in [-0.05, 0) is 31.0 Å². The highest BCUT2D eigenvalue weighted by Gasteiger charge is 2.24. The zero-order chi connectivity index (χ0) is 13.0. The van der Waals surface area contributed by atoms with Gasteiger partial charge in [-0.25, -0.2) is 0 Å². The van der Waals surface area contributed by atoms with Gasteiger partial charge < -0.3 is 10.1 Å². The largest absolute Gasteiger partial charge is 0.378 e. The number of nitrogens with one attached hydrogen (secondary N) is 1. The second-order valence-electron chi connectivity index (χ2n) is 4.77. The average molecular weight is 265 g/mol. The van der Waals surface area contributed by atoms with Crippen molar-refractivity contribution in [3.8, 4) is 0 Å². The van der Waals surface area contributed by atoms with Gasteiger partial charge in [-0.15, -0.1) is 12.6 Å². The van der Waals surface area contributed by atoms with E-state index in [0.717, 1.165) is 23.5 Å². The maximum atomic E-state index is 11.8. The molecule has 0 bridgehead atoms. The summed E-state index contributed by atoms with van der Waals surface area (Å²) in [7, 11) is 0. The van der Waals surface area contributed by atoms with Crippen molar-refractivity contribution in [2.24, 2.45) is 5.92 Å². The molecule has 0 radical (unpaired) electrons. The molecule has 3 nitrogen and oxygen atoms in total. The molecule has 0 aromatic heterocycles. The fourth-order valence-electron chi connectivity index (χ4n) is 2.15. The van der Waals surface area contributed by atoms with Crippen molar-refractivity contribution in [3.63, 3.8) is 0 Å². The first-order valence-electron chi connectivity index (χ1n) is 6.31. The molecule has 1 aliphatic rings. The van der Waals surface area contributed by atoms with Crippen molar-refractivity contribution < 1.29 is 9.53 Å². The summed E-state index contributed by atoms with van der Waals surface area (Å²) in [5.41, 5.74) is 1.01. The van der Waals surface area contributed by atoms with Crippen LogP contribution in [0.1, 0.15) is 18.9 Å². The van der Waals surface area contributed by atoms with Crippen molar-refractivity contribution in [2.75, 3.05) is 13.2 Å². The topological polar surface area (TPSA) is 38.3 Å². The number of carbonyl (C=O) groups excluding carboxylic acids is 1. The van der Waals surface area contributed by atoms with E-state index in [0.29, 0.717) is 18.9 Å². The molecule has 1 N–H and O–H groups in total. The molecule has 18 heavy (non-hydrogen) atoms. The van der Waals surface area contributed by atoms with Crippen molar-refractivity contribution in [3.05, 3.63) is 29.8 Å². The van der Waals surface area contributed by atoms with Gasteiger partial charge in [0, 0.05) is 24.0 Å². The monoisotopic (exact) mass is 265 g/mol. The highest BCUT2D eigenvalue weighted by atomic mass is 32.1. The number of hydrogen-bond acceptors (Lipinski definition) is 3. The first-order chi connectivity index (χ1) is 8.65. The van der Waals surface area contributed by atoms with Crippen LogP contribution in [0.4, 0.5) is 0 Å². The Kier molecular flexibility index (Phi) is 4.66. The molecule has 1 fully saturated rings. The molecule has 1 aromatic carbocycles. The standard InChI is InChI=1S/C14H19NO2S/c1-10-12(6-7-17-10)9-15-14(16)8-11-2-4-13(18)5-3-11/h2-5,10,12,18H,6-9H2,1H3,(H,15,16). The first kappa shape index (κ1) is 13.4. The van der Waals surface area contributed by atoms with Crippen LogP contribution in [0, 0.1) is 5.92 Å². The number of thiol groups is 1. The lowest BCUT2D eigenvalue weighted by Crippen LogP contribution is -2.32. The maximum Gasteiger partial charge on any atom is 0.224 e. The molecule has 1 heterocycles. The normalized spacial score (nSPS) is 23.0. The molecule has 98 valence electrons. The third kappa shape index (κ3) is 3.75. The Morgan fingerprint density at radius 3 is 2.78 bits per heavy atom. The number of rotatable bonds is 4. The smallest absolute Gasteiger partial charge is 0.224 e. The Labute approximate surface area is 113 Å². The summed E-state index contributed by atoms with van der Waals surface area (Å²) in [4.78, 5) is 12.7. The average Bonchev–Trinajstić information content (AvgIpc) is 2.75. The summed E-state index contributed by atoms with van der Waals surface area (Å²) in [5, 5.41) is 2.98. The van der Waals surface area contributed by atoms with E-state index < -0.39 is 0 Å². The molecule has 2 unspecified atom stereocenters. The van der Waals surface area contributed by atoms with E-state index in [4.69, 9.17) is 4.74 Å². The van der Waals surface area contributed by atoms with Gasteiger partial charge in [-0.2, -0.15) is 0 Å². The predicted octanol–water partition coefficient (Wildman–Crippen LogP) is 2.06. The second kappa shape index (κ2) is 6.25. The van der Waals surface area contributed by atoms with Crippen molar-refractivity contribution in [1.82, 2.24) is 5.32 Å². The molecule has 2 atom stereocenters. The highest BCUT2D eigenvalue weighted by molar-refractivity contribution is 7.80. The van der Waals surface area contributed by atoms with Crippen molar-refractivity contribution in [1.29, 1.82) is 0 Å². The first-order valence-corrected chi connectivity index (χ1v) is 6.76. The summed E-state index contributed by atoms with van der Waals surface area (Å²) in [5.74, 6) is 0.523.